The topological polar surface area (TPSA) is 45.0 Å². The van der Waals surface area contributed by atoms with Gasteiger partial charge in [0.05, 0.1) is 12.2 Å². The number of hydrogen-bond donors (Lipinski definition) is 1. The Balaban J connectivity index is 2.63. The Bertz CT molecular complexity index is 171. The Labute approximate surface area is 61.0 Å². The number of nitrogens with zero attached hydrogens (tertiary/aromatic N) is 1. The maximum absolute atomic E-state index is 8.58. The molecule has 1 rings (SSSR count). The summed E-state index contributed by atoms with van der Waals surface area (Å²) in [5.74, 6) is 0. The van der Waals surface area contributed by atoms with Crippen LogP contribution in [0.3, 0.4) is 0 Å². The van der Waals surface area contributed by atoms with E-state index in [1.807, 2.05) is 20.8 Å². The normalized spacial score (nSPS) is 37.4. The lowest BCUT2D eigenvalue weighted by Crippen LogP contribution is -2.37. The van der Waals surface area contributed by atoms with Crippen molar-refractivity contribution in [2.75, 3.05) is 0 Å². The van der Waals surface area contributed by atoms with E-state index in [-0.39, 0.29) is 17.9 Å². The molecule has 0 aliphatic carbocycles. The van der Waals surface area contributed by atoms with Crippen LogP contribution in [0.5, 0.6) is 0 Å². The van der Waals surface area contributed by atoms with Crippen LogP contribution < -0.4 is 5.32 Å². The molecular formula is C7H12N2O. The first-order chi connectivity index (χ1) is 4.55. The van der Waals surface area contributed by atoms with E-state index in [1.54, 1.807) is 0 Å². The Kier molecular flexibility index (Phi) is 1.67. The highest BCUT2D eigenvalue weighted by molar-refractivity contribution is 5.01. The van der Waals surface area contributed by atoms with Crippen molar-refractivity contribution in [1.29, 1.82) is 5.26 Å². The third-order valence-corrected chi connectivity index (χ3v) is 1.59. The van der Waals surface area contributed by atoms with E-state index in [2.05, 4.69) is 11.4 Å². The fourth-order valence-corrected chi connectivity index (χ4v) is 1.20. The summed E-state index contributed by atoms with van der Waals surface area (Å²) in [6.07, 6.45) is -0.000000000000000222. The van der Waals surface area contributed by atoms with Crippen LogP contribution in [0.1, 0.15) is 20.8 Å². The molecule has 2 unspecified atom stereocenters. The van der Waals surface area contributed by atoms with Crippen molar-refractivity contribution in [3.63, 3.8) is 0 Å². The second-order valence-corrected chi connectivity index (χ2v) is 3.08. The average molecular weight is 140 g/mol. The molecule has 2 atom stereocenters. The molecule has 0 aromatic heterocycles. The summed E-state index contributed by atoms with van der Waals surface area (Å²) in [6, 6.07) is 1.98. The molecule has 3 nitrogen and oxygen atoms in total. The maximum Gasteiger partial charge on any atom is 0.124 e. The van der Waals surface area contributed by atoms with Crippen LogP contribution in [0, 0.1) is 11.3 Å². The van der Waals surface area contributed by atoms with Crippen molar-refractivity contribution in [3.8, 4) is 6.07 Å². The Hall–Kier alpha value is -0.590. The van der Waals surface area contributed by atoms with Gasteiger partial charge in [0.15, 0.2) is 0 Å². The van der Waals surface area contributed by atoms with Crippen molar-refractivity contribution in [2.24, 2.45) is 0 Å². The highest BCUT2D eigenvalue weighted by Gasteiger charge is 2.36. The molecule has 10 heavy (non-hydrogen) atoms. The zero-order valence-electron chi connectivity index (χ0n) is 6.51. The Morgan fingerprint density at radius 2 is 2.20 bits per heavy atom. The van der Waals surface area contributed by atoms with E-state index >= 15 is 0 Å². The monoisotopic (exact) mass is 140 g/mol. The van der Waals surface area contributed by atoms with Gasteiger partial charge in [0.25, 0.3) is 0 Å². The van der Waals surface area contributed by atoms with Crippen LogP contribution >= 0.6 is 0 Å². The maximum atomic E-state index is 8.58. The van der Waals surface area contributed by atoms with Crippen molar-refractivity contribution in [1.82, 2.24) is 5.32 Å². The summed E-state index contributed by atoms with van der Waals surface area (Å²) in [5, 5.41) is 11.6. The highest BCUT2D eigenvalue weighted by Crippen LogP contribution is 2.19. The molecule has 1 aliphatic rings. The van der Waals surface area contributed by atoms with Gasteiger partial charge in [-0.3, -0.25) is 5.32 Å². The van der Waals surface area contributed by atoms with E-state index in [1.165, 1.54) is 0 Å². The Morgan fingerprint density at radius 1 is 1.60 bits per heavy atom. The number of ether oxygens (including phenoxy) is 1. The van der Waals surface area contributed by atoms with Crippen LogP contribution in [0.4, 0.5) is 0 Å². The van der Waals surface area contributed by atoms with E-state index < -0.39 is 0 Å². The van der Waals surface area contributed by atoms with Gasteiger partial charge in [-0.25, -0.2) is 0 Å². The summed E-state index contributed by atoms with van der Waals surface area (Å²) in [7, 11) is 0. The SMILES string of the molecule is CC1OC(C)(C)NC1C#N. The van der Waals surface area contributed by atoms with Gasteiger partial charge in [0, 0.05) is 0 Å². The third kappa shape index (κ3) is 1.28. The lowest BCUT2D eigenvalue weighted by Gasteiger charge is -2.16. The molecule has 0 saturated carbocycles. The van der Waals surface area contributed by atoms with E-state index in [4.69, 9.17) is 10.00 Å². The molecule has 0 aromatic rings. The van der Waals surface area contributed by atoms with Gasteiger partial charge in [-0.1, -0.05) is 0 Å². The van der Waals surface area contributed by atoms with E-state index in [0.29, 0.717) is 0 Å². The summed E-state index contributed by atoms with van der Waals surface area (Å²) in [5.41, 5.74) is -0.334. The molecule has 0 spiro atoms. The van der Waals surface area contributed by atoms with E-state index in [0.717, 1.165) is 0 Å². The van der Waals surface area contributed by atoms with Crippen molar-refractivity contribution < 1.29 is 4.74 Å². The van der Waals surface area contributed by atoms with E-state index in [9.17, 15) is 0 Å². The second kappa shape index (κ2) is 2.22. The molecule has 0 aromatic carbocycles. The molecule has 1 N–H and O–H groups in total. The van der Waals surface area contributed by atoms with Crippen LogP contribution in [0.2, 0.25) is 0 Å². The molecule has 56 valence electrons. The van der Waals surface area contributed by atoms with Crippen LogP contribution in [0.15, 0.2) is 0 Å². The average Bonchev–Trinajstić information content (AvgIpc) is 2.05. The Morgan fingerprint density at radius 3 is 2.40 bits per heavy atom. The number of nitrogens with one attached hydrogen (secondary N) is 1. The standard InChI is InChI=1S/C7H12N2O/c1-5-6(4-8)9-7(2,3)10-5/h5-6,9H,1-3H3. The second-order valence-electron chi connectivity index (χ2n) is 3.08. The molecule has 0 radical (unpaired) electrons. The highest BCUT2D eigenvalue weighted by atomic mass is 16.5. The first kappa shape index (κ1) is 7.52. The predicted octanol–water partition coefficient (Wildman–Crippen LogP) is 0.623. The van der Waals surface area contributed by atoms with Gasteiger partial charge in [-0.2, -0.15) is 5.26 Å². The van der Waals surface area contributed by atoms with Crippen molar-refractivity contribution in [3.05, 3.63) is 0 Å². The summed E-state index contributed by atoms with van der Waals surface area (Å²) >= 11 is 0. The van der Waals surface area contributed by atoms with Crippen molar-refractivity contribution >= 4 is 0 Å². The van der Waals surface area contributed by atoms with Crippen LogP contribution in [-0.2, 0) is 4.74 Å². The molecule has 0 amide bonds. The number of rotatable bonds is 0. The van der Waals surface area contributed by atoms with Crippen LogP contribution in [0.25, 0.3) is 0 Å². The minimum atomic E-state index is -0.334. The van der Waals surface area contributed by atoms with Gasteiger partial charge in [0.1, 0.15) is 11.8 Å². The van der Waals surface area contributed by atoms with Crippen molar-refractivity contribution in [2.45, 2.75) is 38.6 Å². The zero-order chi connectivity index (χ0) is 7.78. The predicted molar refractivity (Wildman–Crippen MR) is 37.2 cm³/mol. The molecule has 0 bridgehead atoms. The zero-order valence-corrected chi connectivity index (χ0v) is 6.51. The fraction of sp³-hybridized carbons (Fsp3) is 0.857. The lowest BCUT2D eigenvalue weighted by molar-refractivity contribution is -0.0162. The minimum absolute atomic E-state index is 0.000000000000000222. The largest absolute Gasteiger partial charge is 0.356 e. The first-order valence-corrected chi connectivity index (χ1v) is 3.40. The molecule has 1 heterocycles. The summed E-state index contributed by atoms with van der Waals surface area (Å²) in [6.45, 7) is 5.73. The number of nitriles is 1. The summed E-state index contributed by atoms with van der Waals surface area (Å²) < 4.78 is 5.42. The van der Waals surface area contributed by atoms with Gasteiger partial charge >= 0.3 is 0 Å². The molecule has 1 aliphatic heterocycles. The van der Waals surface area contributed by atoms with Gasteiger partial charge in [0.2, 0.25) is 0 Å². The van der Waals surface area contributed by atoms with Crippen LogP contribution in [-0.4, -0.2) is 17.9 Å². The van der Waals surface area contributed by atoms with Gasteiger partial charge in [-0.15, -0.1) is 0 Å². The molecule has 1 saturated heterocycles. The molecule has 1 fully saturated rings. The smallest absolute Gasteiger partial charge is 0.124 e. The third-order valence-electron chi connectivity index (χ3n) is 1.59. The minimum Gasteiger partial charge on any atom is -0.356 e. The first-order valence-electron chi connectivity index (χ1n) is 3.40. The lowest BCUT2D eigenvalue weighted by atomic mass is 10.2. The van der Waals surface area contributed by atoms with Gasteiger partial charge < -0.3 is 4.74 Å². The van der Waals surface area contributed by atoms with Gasteiger partial charge in [-0.05, 0) is 20.8 Å². The fourth-order valence-electron chi connectivity index (χ4n) is 1.20. The number of hydrogen-bond acceptors (Lipinski definition) is 3. The molecular weight excluding hydrogens is 128 g/mol. The molecule has 3 heteroatoms. The summed E-state index contributed by atoms with van der Waals surface area (Å²) in [4.78, 5) is 0. The quantitative estimate of drug-likeness (QED) is 0.536.